The third kappa shape index (κ3) is 4.79. The van der Waals surface area contributed by atoms with Crippen LogP contribution in [0, 0.1) is 6.92 Å². The van der Waals surface area contributed by atoms with Crippen LogP contribution in [-0.4, -0.2) is 48.2 Å². The number of hydrogen-bond donors (Lipinski definition) is 3. The van der Waals surface area contributed by atoms with Gasteiger partial charge < -0.3 is 15.7 Å². The van der Waals surface area contributed by atoms with Crippen molar-refractivity contribution in [1.82, 2.24) is 29.8 Å². The summed E-state index contributed by atoms with van der Waals surface area (Å²) >= 11 is 0. The zero-order valence-corrected chi connectivity index (χ0v) is 18.2. The van der Waals surface area contributed by atoms with Crippen molar-refractivity contribution >= 4 is 28.7 Å². The van der Waals surface area contributed by atoms with E-state index >= 15 is 0 Å². The lowest BCUT2D eigenvalue weighted by molar-refractivity contribution is -0.136. The first-order chi connectivity index (χ1) is 16.0. The largest absolute Gasteiger partial charge is 0.481 e. The Morgan fingerprint density at radius 2 is 2.00 bits per heavy atom. The molecule has 10 heteroatoms. The number of aryl methyl sites for hydroxylation is 2. The zero-order chi connectivity index (χ0) is 23.4. The molecule has 0 aliphatic rings. The number of rotatable bonds is 7. The third-order valence-electron chi connectivity index (χ3n) is 5.08. The summed E-state index contributed by atoms with van der Waals surface area (Å²) < 4.78 is 1.74. The number of amides is 2. The van der Waals surface area contributed by atoms with E-state index in [9.17, 15) is 9.59 Å². The van der Waals surface area contributed by atoms with Crippen molar-refractivity contribution in [2.75, 3.05) is 11.9 Å². The highest BCUT2D eigenvalue weighted by Crippen LogP contribution is 2.30. The third-order valence-corrected chi connectivity index (χ3v) is 5.08. The maximum Gasteiger partial charge on any atom is 0.319 e. The number of fused-ring (bicyclic) bond motifs is 1. The summed E-state index contributed by atoms with van der Waals surface area (Å²) in [4.78, 5) is 41.1. The van der Waals surface area contributed by atoms with Crippen molar-refractivity contribution in [2.45, 2.75) is 26.7 Å². The number of carbonyl (C=O) groups excluding carboxylic acids is 1. The molecule has 4 heterocycles. The zero-order valence-electron chi connectivity index (χ0n) is 18.2. The number of anilines is 1. The van der Waals surface area contributed by atoms with Gasteiger partial charge in [0.15, 0.2) is 0 Å². The SMILES string of the molecule is CCNC(=O)Nc1cn(-c2ncc(C)c(CCC(=O)O)n2)c2cc(-c3cccnc3)cnc12. The lowest BCUT2D eigenvalue weighted by atomic mass is 10.1. The van der Waals surface area contributed by atoms with Gasteiger partial charge in [-0.25, -0.2) is 14.8 Å². The smallest absolute Gasteiger partial charge is 0.319 e. The quantitative estimate of drug-likeness (QED) is 0.397. The van der Waals surface area contributed by atoms with Crippen molar-refractivity contribution in [2.24, 2.45) is 0 Å². The molecule has 0 atom stereocenters. The number of urea groups is 1. The molecule has 0 radical (unpaired) electrons. The molecule has 0 saturated heterocycles. The van der Waals surface area contributed by atoms with Gasteiger partial charge in [0.05, 0.1) is 17.6 Å². The Morgan fingerprint density at radius 3 is 2.73 bits per heavy atom. The van der Waals surface area contributed by atoms with Gasteiger partial charge in [0.2, 0.25) is 5.95 Å². The van der Waals surface area contributed by atoms with E-state index < -0.39 is 5.97 Å². The molecule has 3 N–H and O–H groups in total. The summed E-state index contributed by atoms with van der Waals surface area (Å²) in [7, 11) is 0. The molecule has 0 aromatic carbocycles. The summed E-state index contributed by atoms with van der Waals surface area (Å²) in [5.41, 5.74) is 4.97. The first-order valence-electron chi connectivity index (χ1n) is 10.5. The summed E-state index contributed by atoms with van der Waals surface area (Å²) in [6, 6.07) is 5.37. The molecule has 0 bridgehead atoms. The van der Waals surface area contributed by atoms with Gasteiger partial charge in [0.25, 0.3) is 0 Å². The second-order valence-corrected chi connectivity index (χ2v) is 7.42. The Kier molecular flexibility index (Phi) is 6.25. The van der Waals surface area contributed by atoms with Gasteiger partial charge in [-0.2, -0.15) is 0 Å². The number of carboxylic acids is 1. The highest BCUT2D eigenvalue weighted by atomic mass is 16.4. The minimum absolute atomic E-state index is 0.0274. The van der Waals surface area contributed by atoms with Crippen molar-refractivity contribution in [3.05, 3.63) is 60.4 Å². The van der Waals surface area contributed by atoms with Gasteiger partial charge in [0.1, 0.15) is 5.52 Å². The fraction of sp³-hybridized carbons (Fsp3) is 0.217. The van der Waals surface area contributed by atoms with E-state index in [0.717, 1.165) is 16.7 Å². The van der Waals surface area contributed by atoms with Crippen LogP contribution in [0.2, 0.25) is 0 Å². The molecule has 2 amide bonds. The fourth-order valence-electron chi connectivity index (χ4n) is 3.44. The van der Waals surface area contributed by atoms with Crippen LogP contribution >= 0.6 is 0 Å². The van der Waals surface area contributed by atoms with E-state index in [-0.39, 0.29) is 12.5 Å². The molecular formula is C23H23N7O3. The number of carboxylic acid groups (broad SMARTS) is 1. The Balaban J connectivity index is 1.84. The van der Waals surface area contributed by atoms with Crippen LogP contribution in [0.25, 0.3) is 28.1 Å². The van der Waals surface area contributed by atoms with E-state index in [1.165, 1.54) is 0 Å². The van der Waals surface area contributed by atoms with Crippen molar-refractivity contribution < 1.29 is 14.7 Å². The number of nitrogens with one attached hydrogen (secondary N) is 2. The van der Waals surface area contributed by atoms with Crippen molar-refractivity contribution in [3.63, 3.8) is 0 Å². The number of nitrogens with zero attached hydrogens (tertiary/aromatic N) is 5. The van der Waals surface area contributed by atoms with E-state index in [1.807, 2.05) is 32.0 Å². The molecule has 4 aromatic heterocycles. The fourth-order valence-corrected chi connectivity index (χ4v) is 3.44. The lowest BCUT2D eigenvalue weighted by Gasteiger charge is -2.08. The molecule has 0 unspecified atom stereocenters. The van der Waals surface area contributed by atoms with Crippen LogP contribution < -0.4 is 10.6 Å². The number of hydrogen-bond acceptors (Lipinski definition) is 6. The predicted octanol–water partition coefficient (Wildman–Crippen LogP) is 3.34. The molecule has 33 heavy (non-hydrogen) atoms. The van der Waals surface area contributed by atoms with Gasteiger partial charge in [-0.3, -0.25) is 19.3 Å². The van der Waals surface area contributed by atoms with Crippen LogP contribution in [0.15, 0.2) is 49.2 Å². The average Bonchev–Trinajstić information content (AvgIpc) is 3.16. The Hall–Kier alpha value is -4.34. The molecule has 0 saturated carbocycles. The number of pyridine rings is 2. The first-order valence-corrected chi connectivity index (χ1v) is 10.5. The Morgan fingerprint density at radius 1 is 1.15 bits per heavy atom. The van der Waals surface area contributed by atoms with Gasteiger partial charge in [0, 0.05) is 60.8 Å². The summed E-state index contributed by atoms with van der Waals surface area (Å²) in [5, 5.41) is 14.6. The molecule has 0 aliphatic carbocycles. The maximum absolute atomic E-state index is 12.2. The van der Waals surface area contributed by atoms with Gasteiger partial charge in [-0.1, -0.05) is 6.07 Å². The Bertz CT molecular complexity index is 1320. The molecule has 4 rings (SSSR count). The van der Waals surface area contributed by atoms with Crippen LogP contribution in [0.4, 0.5) is 10.5 Å². The Labute approximate surface area is 189 Å². The second kappa shape index (κ2) is 9.43. The molecule has 10 nitrogen and oxygen atoms in total. The summed E-state index contributed by atoms with van der Waals surface area (Å²) in [6.07, 6.45) is 8.81. The average molecular weight is 445 g/mol. The summed E-state index contributed by atoms with van der Waals surface area (Å²) in [6.45, 7) is 4.16. The second-order valence-electron chi connectivity index (χ2n) is 7.42. The van der Waals surface area contributed by atoms with Crippen LogP contribution in [0.1, 0.15) is 24.6 Å². The van der Waals surface area contributed by atoms with Gasteiger partial charge >= 0.3 is 12.0 Å². The van der Waals surface area contributed by atoms with Crippen LogP contribution in [0.5, 0.6) is 0 Å². The van der Waals surface area contributed by atoms with Gasteiger partial charge in [-0.15, -0.1) is 0 Å². The van der Waals surface area contributed by atoms with E-state index in [1.54, 1.807) is 35.6 Å². The highest BCUT2D eigenvalue weighted by molar-refractivity contribution is 6.00. The number of carbonyl (C=O) groups is 2. The number of aliphatic carboxylic acids is 1. The first kappa shape index (κ1) is 21.9. The molecule has 0 spiro atoms. The highest BCUT2D eigenvalue weighted by Gasteiger charge is 2.17. The monoisotopic (exact) mass is 445 g/mol. The molecule has 4 aromatic rings. The van der Waals surface area contributed by atoms with Crippen molar-refractivity contribution in [1.29, 1.82) is 0 Å². The standard InChI is InChI=1S/C23H23N7O3/c1-3-25-23(33)29-18-13-30(22-27-10-14(2)17(28-22)6-7-20(31)32)19-9-16(12-26-21(18)19)15-5-4-8-24-11-15/h4-5,8-13H,3,6-7H2,1-2H3,(H,31,32)(H2,25,29,33). The van der Waals surface area contributed by atoms with Crippen LogP contribution in [0.3, 0.4) is 0 Å². The van der Waals surface area contributed by atoms with E-state index in [0.29, 0.717) is 41.3 Å². The summed E-state index contributed by atoms with van der Waals surface area (Å²) in [5.74, 6) is -0.528. The molecule has 168 valence electrons. The van der Waals surface area contributed by atoms with Crippen molar-refractivity contribution in [3.8, 4) is 17.1 Å². The lowest BCUT2D eigenvalue weighted by Crippen LogP contribution is -2.28. The molecular weight excluding hydrogens is 422 g/mol. The van der Waals surface area contributed by atoms with E-state index in [2.05, 4.69) is 30.6 Å². The normalized spacial score (nSPS) is 10.8. The van der Waals surface area contributed by atoms with E-state index in [4.69, 9.17) is 5.11 Å². The van der Waals surface area contributed by atoms with Crippen LogP contribution in [-0.2, 0) is 11.2 Å². The molecule has 0 aliphatic heterocycles. The maximum atomic E-state index is 12.2. The minimum Gasteiger partial charge on any atom is -0.481 e. The topological polar surface area (TPSA) is 135 Å². The van der Waals surface area contributed by atoms with Gasteiger partial charge in [-0.05, 0) is 31.5 Å². The number of aromatic nitrogens is 5. The minimum atomic E-state index is -0.889. The predicted molar refractivity (Wildman–Crippen MR) is 123 cm³/mol. The molecule has 0 fully saturated rings.